The van der Waals surface area contributed by atoms with Gasteiger partial charge in [-0.2, -0.15) is 5.10 Å². The van der Waals surface area contributed by atoms with Crippen LogP contribution in [0.4, 0.5) is 0 Å². The van der Waals surface area contributed by atoms with Crippen LogP contribution in [0.15, 0.2) is 27.9 Å². The number of fused-ring (bicyclic) bond motifs is 1. The number of nitrogens with zero attached hydrogens (tertiary/aromatic N) is 3. The predicted octanol–water partition coefficient (Wildman–Crippen LogP) is 1.86. The van der Waals surface area contributed by atoms with Crippen LogP contribution in [0.25, 0.3) is 22.4 Å². The molecule has 3 N–H and O–H groups in total. The van der Waals surface area contributed by atoms with E-state index in [0.717, 1.165) is 37.9 Å². The molecular weight excluding hydrogens is 492 g/mol. The highest BCUT2D eigenvalue weighted by Gasteiger charge is 2.26. The van der Waals surface area contributed by atoms with E-state index in [2.05, 4.69) is 21.9 Å². The number of nitrogens with one attached hydrogen (secondary N) is 3. The summed E-state index contributed by atoms with van der Waals surface area (Å²) < 4.78 is 36.5. The fourth-order valence-electron chi connectivity index (χ4n) is 4.90. The van der Waals surface area contributed by atoms with Crippen molar-refractivity contribution >= 4 is 21.1 Å². The van der Waals surface area contributed by atoms with E-state index in [0.29, 0.717) is 48.0 Å². The predicted molar refractivity (Wildman–Crippen MR) is 145 cm³/mol. The van der Waals surface area contributed by atoms with Gasteiger partial charge in [0.2, 0.25) is 10.0 Å². The number of quaternary nitrogens is 1. The van der Waals surface area contributed by atoms with Crippen LogP contribution in [-0.4, -0.2) is 61.0 Å². The molecule has 1 saturated heterocycles. The average molecular weight is 533 g/mol. The molecule has 3 aromatic rings. The van der Waals surface area contributed by atoms with Crippen LogP contribution in [-0.2, 0) is 23.5 Å². The molecule has 1 aliphatic heterocycles. The summed E-state index contributed by atoms with van der Waals surface area (Å²) in [5.41, 5.74) is 1.75. The first-order chi connectivity index (χ1) is 17.2. The van der Waals surface area contributed by atoms with Gasteiger partial charge in [0, 0.05) is 32.9 Å². The second kappa shape index (κ2) is 12.2. The number of aromatic amines is 1. The van der Waals surface area contributed by atoms with Crippen molar-refractivity contribution in [3.05, 3.63) is 41.7 Å². The number of likely N-dealkylation sites (tertiary alicyclic amines) is 1. The SMILES string of the molecule is CCCOc1ccc(S(=O)(=O)NCCC2CCC[NH+]2C)cc1-c1nc2c(CCC)nn(C)c2c(=O)[nH]1.[CH3-]. The Labute approximate surface area is 219 Å². The molecule has 3 heterocycles. The molecule has 2 aromatic heterocycles. The van der Waals surface area contributed by atoms with E-state index < -0.39 is 10.0 Å². The lowest BCUT2D eigenvalue weighted by atomic mass is 10.1. The van der Waals surface area contributed by atoms with Gasteiger partial charge < -0.3 is 22.0 Å². The zero-order valence-corrected chi connectivity index (χ0v) is 23.4. The number of hydrogen-bond donors (Lipinski definition) is 3. The minimum atomic E-state index is -3.75. The van der Waals surface area contributed by atoms with Crippen molar-refractivity contribution in [2.75, 3.05) is 26.7 Å². The third-order valence-electron chi connectivity index (χ3n) is 6.83. The smallest absolute Gasteiger partial charge is 0.277 e. The van der Waals surface area contributed by atoms with E-state index in [1.54, 1.807) is 17.8 Å². The van der Waals surface area contributed by atoms with E-state index in [9.17, 15) is 13.2 Å². The van der Waals surface area contributed by atoms with Gasteiger partial charge in [-0.05, 0) is 31.0 Å². The highest BCUT2D eigenvalue weighted by atomic mass is 32.2. The van der Waals surface area contributed by atoms with E-state index in [4.69, 9.17) is 9.72 Å². The summed E-state index contributed by atoms with van der Waals surface area (Å²) in [6.07, 6.45) is 5.42. The highest BCUT2D eigenvalue weighted by molar-refractivity contribution is 7.89. The maximum atomic E-state index is 13.2. The van der Waals surface area contributed by atoms with Gasteiger partial charge >= 0.3 is 0 Å². The van der Waals surface area contributed by atoms with Crippen LogP contribution in [0.2, 0.25) is 0 Å². The van der Waals surface area contributed by atoms with E-state index in [-0.39, 0.29) is 23.7 Å². The first-order valence-electron chi connectivity index (χ1n) is 12.8. The van der Waals surface area contributed by atoms with Crippen LogP contribution in [0.3, 0.4) is 0 Å². The minimum Gasteiger partial charge on any atom is -0.493 e. The van der Waals surface area contributed by atoms with E-state index in [1.807, 2.05) is 13.8 Å². The maximum absolute atomic E-state index is 13.2. The third-order valence-corrected chi connectivity index (χ3v) is 8.29. The summed E-state index contributed by atoms with van der Waals surface area (Å²) in [4.78, 5) is 22.1. The second-order valence-corrected chi connectivity index (χ2v) is 11.3. The van der Waals surface area contributed by atoms with Crippen molar-refractivity contribution in [3.8, 4) is 17.1 Å². The quantitative estimate of drug-likeness (QED) is 0.324. The van der Waals surface area contributed by atoms with Crippen LogP contribution in [0.1, 0.15) is 51.6 Å². The molecule has 4 rings (SSSR count). The molecule has 2 unspecified atom stereocenters. The number of hydrogen-bond acceptors (Lipinski definition) is 6. The Morgan fingerprint density at radius 2 is 2.05 bits per heavy atom. The standard InChI is InChI=1S/C25H36N6O4S.CH3/c1-5-8-20-22-23(31(4)29-20)25(32)28-24(27-22)19-16-18(10-11-21(19)35-15-6-2)36(33,34)26-13-12-17-9-7-14-30(17)3;/h10-11,16-17,26H,5-9,12-15H2,1-4H3,(H,27,28,32);1H3/q;-1/p+1. The molecular formula is C26H40N6O4S. The number of H-pyrrole nitrogens is 1. The van der Waals surface area contributed by atoms with Crippen LogP contribution < -0.4 is 19.9 Å². The lowest BCUT2D eigenvalue weighted by Gasteiger charge is -2.17. The minimum absolute atomic E-state index is 0. The van der Waals surface area contributed by atoms with Gasteiger partial charge in [0.25, 0.3) is 5.56 Å². The number of aryl methyl sites for hydroxylation is 2. The van der Waals surface area contributed by atoms with Crippen molar-refractivity contribution in [1.82, 2.24) is 24.5 Å². The Bertz CT molecular complexity index is 1380. The number of benzene rings is 1. The van der Waals surface area contributed by atoms with Gasteiger partial charge in [-0.1, -0.05) is 20.3 Å². The number of rotatable bonds is 11. The highest BCUT2D eigenvalue weighted by Crippen LogP contribution is 2.31. The molecule has 2 atom stereocenters. The fourth-order valence-corrected chi connectivity index (χ4v) is 5.97. The number of ether oxygens (including phenoxy) is 1. The maximum Gasteiger partial charge on any atom is 0.277 e. The van der Waals surface area contributed by atoms with Crippen molar-refractivity contribution in [2.24, 2.45) is 7.05 Å². The van der Waals surface area contributed by atoms with Gasteiger partial charge in [0.1, 0.15) is 17.1 Å². The molecule has 0 amide bonds. The fraction of sp³-hybridized carbons (Fsp3) is 0.538. The Morgan fingerprint density at radius 3 is 2.73 bits per heavy atom. The van der Waals surface area contributed by atoms with Crippen molar-refractivity contribution in [1.29, 1.82) is 0 Å². The Balaban J connectivity index is 0.00000380. The molecule has 1 aliphatic rings. The summed E-state index contributed by atoms with van der Waals surface area (Å²) in [5, 5.41) is 4.47. The van der Waals surface area contributed by atoms with Gasteiger partial charge in [0.05, 0.1) is 42.4 Å². The summed E-state index contributed by atoms with van der Waals surface area (Å²) in [5.74, 6) is 0.729. The Kier molecular flexibility index (Phi) is 9.49. The lowest BCUT2D eigenvalue weighted by molar-refractivity contribution is -0.892. The van der Waals surface area contributed by atoms with Crippen molar-refractivity contribution in [2.45, 2.75) is 63.3 Å². The topological polar surface area (TPSA) is 123 Å². The van der Waals surface area contributed by atoms with Crippen molar-refractivity contribution in [3.63, 3.8) is 0 Å². The number of sulfonamides is 1. The molecule has 37 heavy (non-hydrogen) atoms. The largest absolute Gasteiger partial charge is 0.493 e. The zero-order chi connectivity index (χ0) is 25.9. The molecule has 204 valence electrons. The summed E-state index contributed by atoms with van der Waals surface area (Å²) in [7, 11) is 0.125. The first kappa shape index (κ1) is 28.8. The van der Waals surface area contributed by atoms with E-state index >= 15 is 0 Å². The molecule has 1 fully saturated rings. The molecule has 1 aromatic carbocycles. The van der Waals surface area contributed by atoms with Gasteiger partial charge in [-0.25, -0.2) is 18.1 Å². The summed E-state index contributed by atoms with van der Waals surface area (Å²) in [6.45, 7) is 6.00. The molecule has 0 radical (unpaired) electrons. The molecule has 10 nitrogen and oxygen atoms in total. The molecule has 0 spiro atoms. The first-order valence-corrected chi connectivity index (χ1v) is 14.3. The zero-order valence-electron chi connectivity index (χ0n) is 22.6. The summed E-state index contributed by atoms with van der Waals surface area (Å²) >= 11 is 0. The average Bonchev–Trinajstić information content (AvgIpc) is 3.40. The molecule has 11 heteroatoms. The summed E-state index contributed by atoms with van der Waals surface area (Å²) in [6, 6.07) is 5.17. The van der Waals surface area contributed by atoms with Crippen molar-refractivity contribution < 1.29 is 18.1 Å². The molecule has 0 saturated carbocycles. The Morgan fingerprint density at radius 1 is 1.27 bits per heavy atom. The van der Waals surface area contributed by atoms with Gasteiger partial charge in [0.15, 0.2) is 5.52 Å². The molecule has 0 bridgehead atoms. The second-order valence-electron chi connectivity index (χ2n) is 9.56. The van der Waals surface area contributed by atoms with Crippen LogP contribution >= 0.6 is 0 Å². The third kappa shape index (κ3) is 6.22. The lowest BCUT2D eigenvalue weighted by Crippen LogP contribution is -3.10. The monoisotopic (exact) mass is 532 g/mol. The Hall–Kier alpha value is -2.76. The number of aromatic nitrogens is 4. The van der Waals surface area contributed by atoms with Gasteiger partial charge in [-0.3, -0.25) is 9.48 Å². The van der Waals surface area contributed by atoms with E-state index in [1.165, 1.54) is 23.5 Å². The normalized spacial score (nSPS) is 17.7. The van der Waals surface area contributed by atoms with Gasteiger partial charge in [-0.15, -0.1) is 0 Å². The van der Waals surface area contributed by atoms with Crippen LogP contribution in [0, 0.1) is 7.43 Å². The molecule has 0 aliphatic carbocycles. The van der Waals surface area contributed by atoms with Crippen LogP contribution in [0.5, 0.6) is 5.75 Å².